The summed E-state index contributed by atoms with van der Waals surface area (Å²) in [5.74, 6) is 1.32. The molecule has 0 saturated heterocycles. The zero-order valence-corrected chi connectivity index (χ0v) is 20.8. The van der Waals surface area contributed by atoms with E-state index in [2.05, 4.69) is 19.1 Å². The normalized spacial score (nSPS) is 18.2. The van der Waals surface area contributed by atoms with Gasteiger partial charge < -0.3 is 4.74 Å². The second-order valence-corrected chi connectivity index (χ2v) is 9.71. The summed E-state index contributed by atoms with van der Waals surface area (Å²) in [7, 11) is 1.50. The van der Waals surface area contributed by atoms with Crippen LogP contribution in [0, 0.1) is 23.1 Å². The van der Waals surface area contributed by atoms with Crippen molar-refractivity contribution in [3.63, 3.8) is 0 Å². The molecule has 2 aromatic carbocycles. The second kappa shape index (κ2) is 12.8. The van der Waals surface area contributed by atoms with Gasteiger partial charge in [-0.1, -0.05) is 83.1 Å². The quantitative estimate of drug-likeness (QED) is 0.321. The highest BCUT2D eigenvalue weighted by Gasteiger charge is 2.24. The van der Waals surface area contributed by atoms with E-state index in [0.717, 1.165) is 17.9 Å². The second-order valence-electron chi connectivity index (χ2n) is 9.71. The number of ether oxygens (including phenoxy) is 1. The molecule has 178 valence electrons. The van der Waals surface area contributed by atoms with Gasteiger partial charge in [0.2, 0.25) is 0 Å². The number of benzene rings is 2. The lowest BCUT2D eigenvalue weighted by atomic mass is 9.76. The van der Waals surface area contributed by atoms with Crippen LogP contribution in [0.5, 0.6) is 5.75 Å². The number of rotatable bonds is 11. The molecule has 0 atom stereocenters. The fourth-order valence-electron chi connectivity index (χ4n) is 5.44. The van der Waals surface area contributed by atoms with Crippen LogP contribution in [0.4, 0.5) is 4.39 Å². The molecule has 1 aliphatic carbocycles. The smallest absolute Gasteiger partial charge is 0.168 e. The Morgan fingerprint density at radius 1 is 0.939 bits per heavy atom. The number of halogens is 1. The summed E-state index contributed by atoms with van der Waals surface area (Å²) in [6, 6.07) is 12.2. The highest BCUT2D eigenvalue weighted by molar-refractivity contribution is 5.77. The van der Waals surface area contributed by atoms with Crippen molar-refractivity contribution < 1.29 is 9.13 Å². The topological polar surface area (TPSA) is 33.0 Å². The largest absolute Gasteiger partial charge is 0.493 e. The Hall–Kier alpha value is -2.34. The Balaban J connectivity index is 1.70. The first-order valence-electron chi connectivity index (χ1n) is 13.0. The van der Waals surface area contributed by atoms with E-state index in [0.29, 0.717) is 29.0 Å². The van der Waals surface area contributed by atoms with E-state index in [-0.39, 0.29) is 11.6 Å². The zero-order chi connectivity index (χ0) is 23.6. The lowest BCUT2D eigenvalue weighted by Crippen LogP contribution is -2.13. The molecule has 1 fully saturated rings. The van der Waals surface area contributed by atoms with Gasteiger partial charge in [0, 0.05) is 11.1 Å². The molecule has 1 saturated carbocycles. The maximum absolute atomic E-state index is 15.0. The first-order valence-corrected chi connectivity index (χ1v) is 13.0. The molecule has 0 heterocycles. The molecular formula is C30H40FNO. The van der Waals surface area contributed by atoms with Crippen molar-refractivity contribution in [2.45, 2.75) is 96.8 Å². The number of nitrogens with zero attached hydrogens (tertiary/aromatic N) is 1. The molecular weight excluding hydrogens is 409 g/mol. The highest BCUT2D eigenvalue weighted by Crippen LogP contribution is 2.41. The van der Waals surface area contributed by atoms with E-state index in [1.807, 2.05) is 31.2 Å². The van der Waals surface area contributed by atoms with Crippen LogP contribution in [0.1, 0.15) is 107 Å². The van der Waals surface area contributed by atoms with Crippen LogP contribution < -0.4 is 4.74 Å². The van der Waals surface area contributed by atoms with Gasteiger partial charge in [0.25, 0.3) is 0 Å². The lowest BCUT2D eigenvalue weighted by Gasteiger charge is -2.29. The molecule has 0 spiro atoms. The molecule has 0 amide bonds. The van der Waals surface area contributed by atoms with Crippen LogP contribution in [-0.4, -0.2) is 7.11 Å². The molecule has 3 heteroatoms. The Morgan fingerprint density at radius 2 is 1.67 bits per heavy atom. The van der Waals surface area contributed by atoms with Crippen molar-refractivity contribution in [3.05, 3.63) is 52.8 Å². The van der Waals surface area contributed by atoms with Crippen molar-refractivity contribution >= 4 is 0 Å². The third-order valence-corrected chi connectivity index (χ3v) is 7.39. The minimum atomic E-state index is -0.308. The van der Waals surface area contributed by atoms with Crippen molar-refractivity contribution in [1.82, 2.24) is 0 Å². The molecule has 0 N–H and O–H groups in total. The maximum atomic E-state index is 15.0. The van der Waals surface area contributed by atoms with Gasteiger partial charge in [0.05, 0.1) is 18.7 Å². The van der Waals surface area contributed by atoms with Crippen molar-refractivity contribution in [2.24, 2.45) is 5.92 Å². The first-order chi connectivity index (χ1) is 16.1. The SMILES string of the molecule is CCCCCCCC1CCC(c2ccc(-c3ccc(CCC)c(F)c3OC)c(C#N)c2)CC1. The lowest BCUT2D eigenvalue weighted by molar-refractivity contribution is 0.302. The van der Waals surface area contributed by atoms with Crippen LogP contribution in [0.2, 0.25) is 0 Å². The molecule has 0 unspecified atom stereocenters. The Bertz CT molecular complexity index is 937. The number of methoxy groups -OCH3 is 1. The van der Waals surface area contributed by atoms with Gasteiger partial charge in [-0.05, 0) is 61.1 Å². The minimum Gasteiger partial charge on any atom is -0.493 e. The van der Waals surface area contributed by atoms with E-state index in [1.54, 1.807) is 0 Å². The van der Waals surface area contributed by atoms with Gasteiger partial charge in [-0.15, -0.1) is 0 Å². The van der Waals surface area contributed by atoms with Crippen molar-refractivity contribution in [2.75, 3.05) is 7.11 Å². The number of hydrogen-bond acceptors (Lipinski definition) is 2. The molecule has 0 aromatic heterocycles. The number of hydrogen-bond donors (Lipinski definition) is 0. The summed E-state index contributed by atoms with van der Waals surface area (Å²) in [5.41, 5.74) is 3.92. The summed E-state index contributed by atoms with van der Waals surface area (Å²) in [6.07, 6.45) is 14.7. The first kappa shape index (κ1) is 25.3. The third-order valence-electron chi connectivity index (χ3n) is 7.39. The molecule has 33 heavy (non-hydrogen) atoms. The fraction of sp³-hybridized carbons (Fsp3) is 0.567. The van der Waals surface area contributed by atoms with Gasteiger partial charge in [-0.3, -0.25) is 0 Å². The summed E-state index contributed by atoms with van der Waals surface area (Å²) < 4.78 is 20.4. The van der Waals surface area contributed by atoms with E-state index >= 15 is 0 Å². The summed E-state index contributed by atoms with van der Waals surface area (Å²) in [5, 5.41) is 9.89. The van der Waals surface area contributed by atoms with E-state index < -0.39 is 0 Å². The maximum Gasteiger partial charge on any atom is 0.168 e. The molecule has 1 aliphatic rings. The van der Waals surface area contributed by atoms with Crippen molar-refractivity contribution in [3.8, 4) is 22.9 Å². The van der Waals surface area contributed by atoms with E-state index in [1.165, 1.54) is 76.9 Å². The number of aryl methyl sites for hydroxylation is 1. The van der Waals surface area contributed by atoms with Gasteiger partial charge >= 0.3 is 0 Å². The molecule has 2 nitrogen and oxygen atoms in total. The Morgan fingerprint density at radius 3 is 2.33 bits per heavy atom. The minimum absolute atomic E-state index is 0.240. The third kappa shape index (κ3) is 6.38. The Labute approximate surface area is 200 Å². The number of nitriles is 1. The molecule has 2 aromatic rings. The summed E-state index contributed by atoms with van der Waals surface area (Å²) in [6.45, 7) is 4.30. The number of unbranched alkanes of at least 4 members (excludes halogenated alkanes) is 4. The van der Waals surface area contributed by atoms with Gasteiger partial charge in [0.15, 0.2) is 11.6 Å². The van der Waals surface area contributed by atoms with E-state index in [9.17, 15) is 9.65 Å². The standard InChI is InChI=1S/C30H40FNO/c1-4-6-7-8-9-11-22-12-14-23(15-13-22)25-17-18-27(26(20-25)21-32)28-19-16-24(10-5-2)29(31)30(28)33-3/h16-20,22-23H,4-15H2,1-3H3. The fourth-order valence-corrected chi connectivity index (χ4v) is 5.44. The average Bonchev–Trinajstić information content (AvgIpc) is 2.85. The van der Waals surface area contributed by atoms with Gasteiger partial charge in [-0.25, -0.2) is 4.39 Å². The van der Waals surface area contributed by atoms with Crippen LogP contribution in [-0.2, 0) is 6.42 Å². The van der Waals surface area contributed by atoms with Crippen LogP contribution in [0.25, 0.3) is 11.1 Å². The molecule has 0 radical (unpaired) electrons. The average molecular weight is 450 g/mol. The zero-order valence-electron chi connectivity index (χ0n) is 20.8. The molecule has 3 rings (SSSR count). The van der Waals surface area contributed by atoms with Crippen molar-refractivity contribution in [1.29, 1.82) is 5.26 Å². The predicted molar refractivity (Wildman–Crippen MR) is 135 cm³/mol. The van der Waals surface area contributed by atoms with Gasteiger partial charge in [0.1, 0.15) is 0 Å². The molecule has 0 aliphatic heterocycles. The van der Waals surface area contributed by atoms with Gasteiger partial charge in [-0.2, -0.15) is 5.26 Å². The summed E-state index contributed by atoms with van der Waals surface area (Å²) in [4.78, 5) is 0. The monoisotopic (exact) mass is 449 g/mol. The van der Waals surface area contributed by atoms with E-state index in [4.69, 9.17) is 4.74 Å². The summed E-state index contributed by atoms with van der Waals surface area (Å²) >= 11 is 0. The van der Waals surface area contributed by atoms with Crippen LogP contribution in [0.3, 0.4) is 0 Å². The molecule has 0 bridgehead atoms. The highest BCUT2D eigenvalue weighted by atomic mass is 19.1. The van der Waals surface area contributed by atoms with Crippen LogP contribution in [0.15, 0.2) is 30.3 Å². The van der Waals surface area contributed by atoms with Crippen LogP contribution >= 0.6 is 0 Å². The Kier molecular flexibility index (Phi) is 9.79. The predicted octanol–water partition coefficient (Wildman–Crippen LogP) is 8.96.